The molecular formula is C19H25NO4. The van der Waals surface area contributed by atoms with Crippen molar-refractivity contribution in [2.24, 2.45) is 5.92 Å². The molecule has 1 aromatic carbocycles. The molecule has 4 rings (SSSR count). The molecule has 0 aromatic heterocycles. The summed E-state index contributed by atoms with van der Waals surface area (Å²) in [6.07, 6.45) is 5.89. The Labute approximate surface area is 142 Å². The highest BCUT2D eigenvalue weighted by Gasteiger charge is 2.45. The fraction of sp³-hybridized carbons (Fsp3) is 0.632. The van der Waals surface area contributed by atoms with Gasteiger partial charge in [-0.15, -0.1) is 0 Å². The largest absolute Gasteiger partial charge is 0.486 e. The van der Waals surface area contributed by atoms with Crippen LogP contribution in [0, 0.1) is 5.92 Å². The van der Waals surface area contributed by atoms with Gasteiger partial charge >= 0.3 is 5.97 Å². The highest BCUT2D eigenvalue weighted by Crippen LogP contribution is 2.41. The molecule has 0 amide bonds. The number of fused-ring (bicyclic) bond motifs is 2. The first-order valence-electron chi connectivity index (χ1n) is 8.98. The van der Waals surface area contributed by atoms with Crippen molar-refractivity contribution < 1.29 is 19.0 Å². The molecule has 2 aliphatic heterocycles. The Morgan fingerprint density at radius 1 is 1.21 bits per heavy atom. The summed E-state index contributed by atoms with van der Waals surface area (Å²) in [5.41, 5.74) is 1.17. The third-order valence-corrected chi connectivity index (χ3v) is 5.67. The van der Waals surface area contributed by atoms with Crippen molar-refractivity contribution in [2.75, 3.05) is 20.3 Å². The quantitative estimate of drug-likeness (QED) is 0.797. The molecule has 3 atom stereocenters. The summed E-state index contributed by atoms with van der Waals surface area (Å²) >= 11 is 0. The first-order valence-corrected chi connectivity index (χ1v) is 8.98. The average Bonchev–Trinajstić information content (AvgIpc) is 2.99. The first-order chi connectivity index (χ1) is 11.8. The predicted octanol–water partition coefficient (Wildman–Crippen LogP) is 2.76. The number of likely N-dealkylation sites (tertiary alicyclic amines) is 1. The number of carbonyl (C=O) groups is 1. The molecule has 0 N–H and O–H groups in total. The van der Waals surface area contributed by atoms with Crippen LogP contribution in [-0.2, 0) is 16.1 Å². The van der Waals surface area contributed by atoms with E-state index in [1.807, 2.05) is 6.07 Å². The maximum Gasteiger partial charge on any atom is 0.323 e. The van der Waals surface area contributed by atoms with Gasteiger partial charge in [0.05, 0.1) is 7.11 Å². The summed E-state index contributed by atoms with van der Waals surface area (Å²) in [5.74, 6) is 2.15. The second kappa shape index (κ2) is 6.63. The van der Waals surface area contributed by atoms with Gasteiger partial charge in [0.1, 0.15) is 19.3 Å². The van der Waals surface area contributed by atoms with E-state index in [0.29, 0.717) is 25.2 Å². The van der Waals surface area contributed by atoms with Crippen LogP contribution in [0.25, 0.3) is 0 Å². The van der Waals surface area contributed by atoms with Crippen molar-refractivity contribution in [3.8, 4) is 11.5 Å². The van der Waals surface area contributed by atoms with Gasteiger partial charge in [0, 0.05) is 12.6 Å². The molecule has 1 saturated heterocycles. The number of nitrogens with zero attached hydrogens (tertiary/aromatic N) is 1. The predicted molar refractivity (Wildman–Crippen MR) is 89.1 cm³/mol. The Morgan fingerprint density at radius 2 is 2.00 bits per heavy atom. The number of methoxy groups -OCH3 is 1. The maximum absolute atomic E-state index is 12.3. The third kappa shape index (κ3) is 2.86. The van der Waals surface area contributed by atoms with E-state index in [0.717, 1.165) is 24.5 Å². The molecule has 2 heterocycles. The van der Waals surface area contributed by atoms with E-state index in [4.69, 9.17) is 14.2 Å². The van der Waals surface area contributed by atoms with Gasteiger partial charge in [-0.3, -0.25) is 9.69 Å². The van der Waals surface area contributed by atoms with E-state index >= 15 is 0 Å². The lowest BCUT2D eigenvalue weighted by atomic mass is 9.84. The van der Waals surface area contributed by atoms with E-state index in [-0.39, 0.29) is 12.0 Å². The van der Waals surface area contributed by atoms with Crippen molar-refractivity contribution >= 4 is 5.97 Å². The summed E-state index contributed by atoms with van der Waals surface area (Å²) in [5, 5.41) is 0. The zero-order valence-corrected chi connectivity index (χ0v) is 14.2. The smallest absolute Gasteiger partial charge is 0.323 e. The second-order valence-corrected chi connectivity index (χ2v) is 7.04. The Bertz CT molecular complexity index is 617. The molecule has 3 unspecified atom stereocenters. The number of benzene rings is 1. The van der Waals surface area contributed by atoms with Crippen LogP contribution >= 0.6 is 0 Å². The topological polar surface area (TPSA) is 48.0 Å². The van der Waals surface area contributed by atoms with Crippen molar-refractivity contribution in [3.63, 3.8) is 0 Å². The Kier molecular flexibility index (Phi) is 4.35. The fourth-order valence-electron chi connectivity index (χ4n) is 4.54. The van der Waals surface area contributed by atoms with Crippen molar-refractivity contribution in [1.82, 2.24) is 4.90 Å². The molecule has 1 saturated carbocycles. The molecule has 0 spiro atoms. The molecule has 5 heteroatoms. The maximum atomic E-state index is 12.3. The highest BCUT2D eigenvalue weighted by molar-refractivity contribution is 5.76. The van der Waals surface area contributed by atoms with E-state index in [9.17, 15) is 4.79 Å². The lowest BCUT2D eigenvalue weighted by Crippen LogP contribution is -2.42. The van der Waals surface area contributed by atoms with Crippen LogP contribution in [0.3, 0.4) is 0 Å². The molecule has 1 aromatic rings. The molecule has 130 valence electrons. The summed E-state index contributed by atoms with van der Waals surface area (Å²) in [4.78, 5) is 14.6. The first kappa shape index (κ1) is 15.8. The molecule has 0 radical (unpaired) electrons. The second-order valence-electron chi connectivity index (χ2n) is 7.04. The van der Waals surface area contributed by atoms with Crippen molar-refractivity contribution in [2.45, 2.75) is 50.7 Å². The third-order valence-electron chi connectivity index (χ3n) is 5.67. The molecule has 24 heavy (non-hydrogen) atoms. The molecule has 2 fully saturated rings. The van der Waals surface area contributed by atoms with Gasteiger partial charge in [-0.2, -0.15) is 0 Å². The molecular weight excluding hydrogens is 306 g/mol. The monoisotopic (exact) mass is 331 g/mol. The van der Waals surface area contributed by atoms with Crippen molar-refractivity contribution in [1.29, 1.82) is 0 Å². The SMILES string of the molecule is COC(=O)C1CC2CCCCC2N1Cc1ccc2c(c1)OCCO2. The minimum atomic E-state index is -0.115. The Morgan fingerprint density at radius 3 is 2.83 bits per heavy atom. The summed E-state index contributed by atoms with van der Waals surface area (Å²) in [7, 11) is 1.49. The normalized spacial score (nSPS) is 29.1. The zero-order valence-electron chi connectivity index (χ0n) is 14.2. The van der Waals surface area contributed by atoms with E-state index in [2.05, 4.69) is 17.0 Å². The number of hydrogen-bond donors (Lipinski definition) is 0. The van der Waals surface area contributed by atoms with Gasteiger partial charge < -0.3 is 14.2 Å². The summed E-state index contributed by atoms with van der Waals surface area (Å²) < 4.78 is 16.4. The van der Waals surface area contributed by atoms with Crippen LogP contribution < -0.4 is 9.47 Å². The lowest BCUT2D eigenvalue weighted by Gasteiger charge is -2.33. The number of hydrogen-bond acceptors (Lipinski definition) is 5. The van der Waals surface area contributed by atoms with Crippen LogP contribution in [0.2, 0.25) is 0 Å². The molecule has 1 aliphatic carbocycles. The standard InChI is InChI=1S/C19H25NO4/c1-22-19(21)16-11-14-4-2-3-5-15(14)20(16)12-13-6-7-17-18(10-13)24-9-8-23-17/h6-7,10,14-16H,2-5,8-9,11-12H2,1H3. The minimum absolute atomic E-state index is 0.0954. The fourth-order valence-corrected chi connectivity index (χ4v) is 4.54. The van der Waals surface area contributed by atoms with Crippen LogP contribution in [0.5, 0.6) is 11.5 Å². The Hall–Kier alpha value is -1.75. The molecule has 0 bridgehead atoms. The van der Waals surface area contributed by atoms with Crippen LogP contribution in [-0.4, -0.2) is 43.3 Å². The molecule has 3 aliphatic rings. The van der Waals surface area contributed by atoms with E-state index in [1.165, 1.54) is 38.4 Å². The number of esters is 1. The van der Waals surface area contributed by atoms with Gasteiger partial charge in [0.15, 0.2) is 11.5 Å². The van der Waals surface area contributed by atoms with Crippen LogP contribution in [0.15, 0.2) is 18.2 Å². The highest BCUT2D eigenvalue weighted by atomic mass is 16.6. The molecule has 5 nitrogen and oxygen atoms in total. The Balaban J connectivity index is 1.57. The average molecular weight is 331 g/mol. The van der Waals surface area contributed by atoms with Gasteiger partial charge in [0.2, 0.25) is 0 Å². The zero-order chi connectivity index (χ0) is 16.5. The van der Waals surface area contributed by atoms with Crippen molar-refractivity contribution in [3.05, 3.63) is 23.8 Å². The number of ether oxygens (including phenoxy) is 3. The van der Waals surface area contributed by atoms with Gasteiger partial charge in [0.25, 0.3) is 0 Å². The number of carbonyl (C=O) groups excluding carboxylic acids is 1. The van der Waals surface area contributed by atoms with Gasteiger partial charge in [-0.05, 0) is 42.9 Å². The van der Waals surface area contributed by atoms with Crippen LogP contribution in [0.4, 0.5) is 0 Å². The number of rotatable bonds is 3. The lowest BCUT2D eigenvalue weighted by molar-refractivity contribution is -0.146. The minimum Gasteiger partial charge on any atom is -0.486 e. The van der Waals surface area contributed by atoms with Gasteiger partial charge in [-0.1, -0.05) is 18.9 Å². The van der Waals surface area contributed by atoms with Crippen LogP contribution in [0.1, 0.15) is 37.7 Å². The summed E-state index contributed by atoms with van der Waals surface area (Å²) in [6.45, 7) is 1.96. The summed E-state index contributed by atoms with van der Waals surface area (Å²) in [6, 6.07) is 6.50. The van der Waals surface area contributed by atoms with Gasteiger partial charge in [-0.25, -0.2) is 0 Å². The van der Waals surface area contributed by atoms with E-state index in [1.54, 1.807) is 0 Å². The van der Waals surface area contributed by atoms with E-state index < -0.39 is 0 Å².